The Morgan fingerprint density at radius 2 is 2.25 bits per heavy atom. The molecule has 7 nitrogen and oxygen atoms in total. The van der Waals surface area contributed by atoms with E-state index in [2.05, 4.69) is 32.7 Å². The predicted molar refractivity (Wildman–Crippen MR) is 108 cm³/mol. The SMILES string of the molecule is CC(C)Oc1cccc(C[C@@]2(Nc3cnc(/C=C/C(=O)O)cn3)CCNC2)c1. The molecule has 0 radical (unpaired) electrons. The highest BCUT2D eigenvalue weighted by Gasteiger charge is 2.34. The smallest absolute Gasteiger partial charge is 0.328 e. The van der Waals surface area contributed by atoms with Crippen molar-refractivity contribution in [1.29, 1.82) is 0 Å². The van der Waals surface area contributed by atoms with Crippen LogP contribution in [0.25, 0.3) is 6.08 Å². The number of hydrogen-bond acceptors (Lipinski definition) is 6. The molecule has 3 rings (SSSR count). The van der Waals surface area contributed by atoms with Gasteiger partial charge < -0.3 is 20.5 Å². The number of carboxylic acid groups (broad SMARTS) is 1. The second-order valence-electron chi connectivity index (χ2n) is 7.32. The van der Waals surface area contributed by atoms with Crippen molar-refractivity contribution in [3.8, 4) is 5.75 Å². The van der Waals surface area contributed by atoms with Crippen LogP contribution in [0.1, 0.15) is 31.5 Å². The summed E-state index contributed by atoms with van der Waals surface area (Å²) in [4.78, 5) is 19.3. The number of carbonyl (C=O) groups is 1. The summed E-state index contributed by atoms with van der Waals surface area (Å²) in [5.74, 6) is 0.539. The normalized spacial score (nSPS) is 19.2. The van der Waals surface area contributed by atoms with Gasteiger partial charge in [0.15, 0.2) is 0 Å². The number of rotatable bonds is 8. The third-order valence-corrected chi connectivity index (χ3v) is 4.52. The fraction of sp³-hybridized carbons (Fsp3) is 0.381. The first-order chi connectivity index (χ1) is 13.4. The second-order valence-corrected chi connectivity index (χ2v) is 7.32. The molecule has 0 bridgehead atoms. The molecule has 1 aromatic heterocycles. The molecular weight excluding hydrogens is 356 g/mol. The molecule has 0 amide bonds. The van der Waals surface area contributed by atoms with Gasteiger partial charge >= 0.3 is 5.97 Å². The van der Waals surface area contributed by atoms with Gasteiger partial charge in [0.2, 0.25) is 0 Å². The molecule has 1 saturated heterocycles. The Labute approximate surface area is 164 Å². The number of ether oxygens (including phenoxy) is 1. The fourth-order valence-corrected chi connectivity index (χ4v) is 3.35. The van der Waals surface area contributed by atoms with Crippen LogP contribution in [0.15, 0.2) is 42.7 Å². The molecular formula is C21H26N4O3. The van der Waals surface area contributed by atoms with Gasteiger partial charge in [-0.1, -0.05) is 12.1 Å². The fourth-order valence-electron chi connectivity index (χ4n) is 3.35. The third-order valence-electron chi connectivity index (χ3n) is 4.52. The molecule has 28 heavy (non-hydrogen) atoms. The zero-order chi connectivity index (χ0) is 20.0. The molecule has 1 aliphatic heterocycles. The van der Waals surface area contributed by atoms with Gasteiger partial charge in [-0.3, -0.25) is 4.98 Å². The van der Waals surface area contributed by atoms with Gasteiger partial charge in [0.25, 0.3) is 0 Å². The van der Waals surface area contributed by atoms with Gasteiger partial charge in [0.1, 0.15) is 11.6 Å². The summed E-state index contributed by atoms with van der Waals surface area (Å²) < 4.78 is 5.82. The Hall–Kier alpha value is -2.93. The van der Waals surface area contributed by atoms with E-state index in [4.69, 9.17) is 9.84 Å². The summed E-state index contributed by atoms with van der Waals surface area (Å²) in [6, 6.07) is 8.20. The van der Waals surface area contributed by atoms with E-state index in [1.165, 1.54) is 11.6 Å². The average molecular weight is 382 g/mol. The van der Waals surface area contributed by atoms with Gasteiger partial charge in [-0.05, 0) is 57.0 Å². The minimum Gasteiger partial charge on any atom is -0.491 e. The molecule has 0 aliphatic carbocycles. The van der Waals surface area contributed by atoms with Crippen LogP contribution in [0.3, 0.4) is 0 Å². The first-order valence-electron chi connectivity index (χ1n) is 9.42. The van der Waals surface area contributed by atoms with Gasteiger partial charge in [-0.25, -0.2) is 9.78 Å². The van der Waals surface area contributed by atoms with Crippen molar-refractivity contribution in [2.45, 2.75) is 38.3 Å². The lowest BCUT2D eigenvalue weighted by atomic mass is 9.89. The number of anilines is 1. The third kappa shape index (κ3) is 5.53. The molecule has 2 aromatic rings. The van der Waals surface area contributed by atoms with Crippen LogP contribution in [0.5, 0.6) is 5.75 Å². The zero-order valence-corrected chi connectivity index (χ0v) is 16.2. The number of benzene rings is 1. The molecule has 1 atom stereocenters. The van der Waals surface area contributed by atoms with Crippen LogP contribution in [0, 0.1) is 0 Å². The van der Waals surface area contributed by atoms with Crippen LogP contribution in [-0.2, 0) is 11.2 Å². The summed E-state index contributed by atoms with van der Waals surface area (Å²) >= 11 is 0. The van der Waals surface area contributed by atoms with Gasteiger partial charge in [0.05, 0.1) is 29.7 Å². The molecule has 3 N–H and O–H groups in total. The molecule has 1 aromatic carbocycles. The summed E-state index contributed by atoms with van der Waals surface area (Å²) in [6.45, 7) is 5.79. The van der Waals surface area contributed by atoms with E-state index in [0.717, 1.165) is 37.8 Å². The summed E-state index contributed by atoms with van der Waals surface area (Å²) in [5.41, 5.74) is 1.54. The molecule has 0 saturated carbocycles. The van der Waals surface area contributed by atoms with Gasteiger partial charge in [-0.2, -0.15) is 0 Å². The van der Waals surface area contributed by atoms with E-state index in [-0.39, 0.29) is 11.6 Å². The lowest BCUT2D eigenvalue weighted by Crippen LogP contribution is -2.43. The standard InChI is InChI=1S/C21H26N4O3/c1-15(2)28-18-5-3-4-16(10-18)11-21(8-9-22-14-21)25-19-13-23-17(12-24-19)6-7-20(26)27/h3-7,10,12-13,15,22H,8-9,11,14H2,1-2H3,(H,24,25)(H,26,27)/b7-6+/t21-/m0/s1. The van der Waals surface area contributed by atoms with Crippen molar-refractivity contribution in [1.82, 2.24) is 15.3 Å². The van der Waals surface area contributed by atoms with Crippen molar-refractivity contribution < 1.29 is 14.6 Å². The lowest BCUT2D eigenvalue weighted by molar-refractivity contribution is -0.131. The minimum absolute atomic E-state index is 0.138. The average Bonchev–Trinajstić information content (AvgIpc) is 3.09. The van der Waals surface area contributed by atoms with E-state index >= 15 is 0 Å². The second kappa shape index (κ2) is 8.84. The molecule has 0 spiro atoms. The Bertz CT molecular complexity index is 828. The van der Waals surface area contributed by atoms with Crippen molar-refractivity contribution in [3.05, 3.63) is 54.0 Å². The zero-order valence-electron chi connectivity index (χ0n) is 16.2. The van der Waals surface area contributed by atoms with E-state index in [0.29, 0.717) is 11.5 Å². The summed E-state index contributed by atoms with van der Waals surface area (Å²) in [6.07, 6.45) is 7.61. The van der Waals surface area contributed by atoms with Crippen molar-refractivity contribution in [2.75, 3.05) is 18.4 Å². The van der Waals surface area contributed by atoms with Crippen LogP contribution in [0.4, 0.5) is 5.82 Å². The highest BCUT2D eigenvalue weighted by atomic mass is 16.5. The maximum Gasteiger partial charge on any atom is 0.328 e. The monoisotopic (exact) mass is 382 g/mol. The van der Waals surface area contributed by atoms with E-state index in [1.807, 2.05) is 26.0 Å². The summed E-state index contributed by atoms with van der Waals surface area (Å²) in [7, 11) is 0. The Balaban J connectivity index is 1.73. The minimum atomic E-state index is -1.01. The largest absolute Gasteiger partial charge is 0.491 e. The first kappa shape index (κ1) is 19.8. The maximum absolute atomic E-state index is 10.6. The first-order valence-corrected chi connectivity index (χ1v) is 9.42. The van der Waals surface area contributed by atoms with Crippen LogP contribution < -0.4 is 15.4 Å². The van der Waals surface area contributed by atoms with Crippen LogP contribution in [-0.4, -0.2) is 45.8 Å². The Morgan fingerprint density at radius 1 is 1.39 bits per heavy atom. The molecule has 2 heterocycles. The number of nitrogens with one attached hydrogen (secondary N) is 2. The van der Waals surface area contributed by atoms with Crippen LogP contribution in [0.2, 0.25) is 0 Å². The van der Waals surface area contributed by atoms with Gasteiger partial charge in [-0.15, -0.1) is 0 Å². The predicted octanol–water partition coefficient (Wildman–Crippen LogP) is 2.75. The molecule has 148 valence electrons. The molecule has 0 unspecified atom stereocenters. The number of nitrogens with zero attached hydrogens (tertiary/aromatic N) is 2. The van der Waals surface area contributed by atoms with Crippen molar-refractivity contribution >= 4 is 17.9 Å². The Kier molecular flexibility index (Phi) is 6.26. The van der Waals surface area contributed by atoms with Crippen molar-refractivity contribution in [2.24, 2.45) is 0 Å². The Morgan fingerprint density at radius 3 is 2.89 bits per heavy atom. The molecule has 1 fully saturated rings. The van der Waals surface area contributed by atoms with Crippen molar-refractivity contribution in [3.63, 3.8) is 0 Å². The number of aromatic nitrogens is 2. The highest BCUT2D eigenvalue weighted by molar-refractivity contribution is 5.84. The van der Waals surface area contributed by atoms with Gasteiger partial charge in [0, 0.05) is 12.6 Å². The van der Waals surface area contributed by atoms with E-state index in [1.54, 1.807) is 12.4 Å². The highest BCUT2D eigenvalue weighted by Crippen LogP contribution is 2.27. The number of carboxylic acids is 1. The van der Waals surface area contributed by atoms with E-state index in [9.17, 15) is 4.79 Å². The number of aliphatic carboxylic acids is 1. The topological polar surface area (TPSA) is 96.4 Å². The van der Waals surface area contributed by atoms with Crippen LogP contribution >= 0.6 is 0 Å². The van der Waals surface area contributed by atoms with E-state index < -0.39 is 5.97 Å². The summed E-state index contributed by atoms with van der Waals surface area (Å²) in [5, 5.41) is 15.7. The maximum atomic E-state index is 10.6. The molecule has 1 aliphatic rings. The quantitative estimate of drug-likeness (QED) is 0.604. The molecule has 7 heteroatoms. The lowest BCUT2D eigenvalue weighted by Gasteiger charge is -2.30. The number of hydrogen-bond donors (Lipinski definition) is 3.